The number of methoxy groups -OCH3 is 2. The number of ether oxygens (including phenoxy) is 2. The first kappa shape index (κ1) is 21.9. The van der Waals surface area contributed by atoms with Gasteiger partial charge in [-0.1, -0.05) is 12.1 Å². The Balaban J connectivity index is 1.96. The molecule has 1 unspecified atom stereocenters. The van der Waals surface area contributed by atoms with Crippen molar-refractivity contribution in [2.75, 3.05) is 27.3 Å². The summed E-state index contributed by atoms with van der Waals surface area (Å²) < 4.78 is 24.4. The van der Waals surface area contributed by atoms with Crippen LogP contribution in [-0.4, -0.2) is 39.4 Å². The van der Waals surface area contributed by atoms with E-state index in [-0.39, 0.29) is 23.9 Å². The molecule has 0 aromatic heterocycles. The normalized spacial score (nSPS) is 18.8. The highest BCUT2D eigenvalue weighted by Crippen LogP contribution is 2.35. The monoisotopic (exact) mass is 416 g/mol. The zero-order valence-corrected chi connectivity index (χ0v) is 18.0. The zero-order valence-electron chi connectivity index (χ0n) is 18.0. The minimum absolute atomic E-state index is 0.0150. The van der Waals surface area contributed by atoms with Gasteiger partial charge in [0.05, 0.1) is 26.8 Å². The van der Waals surface area contributed by atoms with E-state index < -0.39 is 0 Å². The van der Waals surface area contributed by atoms with Gasteiger partial charge in [-0.05, 0) is 43.7 Å². The lowest BCUT2D eigenvalue weighted by Gasteiger charge is -2.38. The molecule has 30 heavy (non-hydrogen) atoms. The van der Waals surface area contributed by atoms with E-state index in [0.29, 0.717) is 18.0 Å². The molecule has 2 amide bonds. The summed E-state index contributed by atoms with van der Waals surface area (Å²) in [6.07, 6.45) is 0.886. The summed E-state index contributed by atoms with van der Waals surface area (Å²) in [6, 6.07) is 10.4. The van der Waals surface area contributed by atoms with Crippen molar-refractivity contribution in [2.24, 2.45) is 0 Å². The first-order valence-corrected chi connectivity index (χ1v) is 10.3. The number of halogens is 1. The fourth-order valence-electron chi connectivity index (χ4n) is 4.30. The Morgan fingerprint density at radius 1 is 1.20 bits per heavy atom. The van der Waals surface area contributed by atoms with Crippen LogP contribution in [0.15, 0.2) is 36.4 Å². The van der Waals surface area contributed by atoms with Gasteiger partial charge in [0.25, 0.3) is 0 Å². The number of hydrogen-bond acceptors (Lipinski definition) is 3. The highest BCUT2D eigenvalue weighted by atomic mass is 19.1. The Morgan fingerprint density at radius 2 is 1.87 bits per heavy atom. The fourth-order valence-corrected chi connectivity index (χ4v) is 4.30. The van der Waals surface area contributed by atoms with E-state index in [0.717, 1.165) is 30.6 Å². The Kier molecular flexibility index (Phi) is 7.15. The average Bonchev–Trinajstić information content (AvgIpc) is 2.74. The molecule has 3 rings (SSSR count). The Hall–Kier alpha value is -2.80. The van der Waals surface area contributed by atoms with Crippen molar-refractivity contribution in [1.29, 1.82) is 0 Å². The topological polar surface area (TPSA) is 64.0 Å². The molecule has 1 aliphatic rings. The number of quaternary nitrogens is 1. The second kappa shape index (κ2) is 9.80. The Labute approximate surface area is 177 Å². The molecule has 2 aromatic carbocycles. The molecule has 3 N–H and O–H groups in total. The number of carbonyl (C=O) groups excluding carboxylic acids is 1. The number of carbonyl (C=O) groups is 1. The van der Waals surface area contributed by atoms with Crippen molar-refractivity contribution in [1.82, 2.24) is 10.6 Å². The molecule has 0 radical (unpaired) electrons. The standard InChI is InChI=1S/C23H30FN3O3/c1-5-25-23(28)26-15(2)22-19-13-21(30-4)20(29-3)12-17(19)10-11-27(22)14-16-6-8-18(24)9-7-16/h6-9,12-13,15,22H,5,10-11,14H2,1-4H3,(H2,25,26,28)/p+1/t15-,22+/m0/s1. The first-order valence-electron chi connectivity index (χ1n) is 10.3. The molecule has 0 fully saturated rings. The highest BCUT2D eigenvalue weighted by Gasteiger charge is 2.37. The number of hydrogen-bond donors (Lipinski definition) is 3. The minimum Gasteiger partial charge on any atom is -0.493 e. The third kappa shape index (κ3) is 4.84. The molecule has 7 heteroatoms. The molecule has 0 saturated heterocycles. The van der Waals surface area contributed by atoms with E-state index in [1.807, 2.05) is 38.1 Å². The molecular weight excluding hydrogens is 385 g/mol. The summed E-state index contributed by atoms with van der Waals surface area (Å²) in [7, 11) is 3.26. The lowest BCUT2D eigenvalue weighted by molar-refractivity contribution is -0.948. The van der Waals surface area contributed by atoms with Crippen molar-refractivity contribution < 1.29 is 23.6 Å². The van der Waals surface area contributed by atoms with E-state index in [2.05, 4.69) is 10.6 Å². The van der Waals surface area contributed by atoms with E-state index in [4.69, 9.17) is 9.47 Å². The van der Waals surface area contributed by atoms with E-state index in [1.54, 1.807) is 14.2 Å². The molecule has 1 aliphatic heterocycles. The van der Waals surface area contributed by atoms with Crippen LogP contribution in [0.25, 0.3) is 0 Å². The SMILES string of the molecule is CCNC(=O)N[C@@H](C)[C@@H]1c2cc(OC)c(OC)cc2CC[NH+]1Cc1ccc(F)cc1. The maximum Gasteiger partial charge on any atom is 0.315 e. The van der Waals surface area contributed by atoms with Gasteiger partial charge < -0.3 is 25.0 Å². The molecule has 0 aliphatic carbocycles. The second-order valence-corrected chi connectivity index (χ2v) is 7.64. The summed E-state index contributed by atoms with van der Waals surface area (Å²) in [6.45, 7) is 6.11. The van der Waals surface area contributed by atoms with E-state index in [9.17, 15) is 9.18 Å². The van der Waals surface area contributed by atoms with Crippen LogP contribution in [0.1, 0.15) is 36.6 Å². The molecule has 0 spiro atoms. The molecule has 0 saturated carbocycles. The molecule has 3 atom stereocenters. The fraction of sp³-hybridized carbons (Fsp3) is 0.435. The molecule has 6 nitrogen and oxygen atoms in total. The highest BCUT2D eigenvalue weighted by molar-refractivity contribution is 5.74. The molecule has 0 bridgehead atoms. The molecule has 1 heterocycles. The van der Waals surface area contributed by atoms with Gasteiger partial charge in [0, 0.05) is 24.1 Å². The van der Waals surface area contributed by atoms with Crippen LogP contribution in [0.5, 0.6) is 11.5 Å². The van der Waals surface area contributed by atoms with Crippen LogP contribution < -0.4 is 25.0 Å². The van der Waals surface area contributed by atoms with Gasteiger partial charge in [0.1, 0.15) is 18.4 Å². The molecule has 162 valence electrons. The Bertz CT molecular complexity index is 873. The number of fused-ring (bicyclic) bond motifs is 1. The summed E-state index contributed by atoms with van der Waals surface area (Å²) in [5.74, 6) is 1.15. The van der Waals surface area contributed by atoms with Crippen LogP contribution in [0, 0.1) is 5.82 Å². The van der Waals surface area contributed by atoms with Gasteiger partial charge in [0.15, 0.2) is 11.5 Å². The van der Waals surface area contributed by atoms with E-state index in [1.165, 1.54) is 22.6 Å². The van der Waals surface area contributed by atoms with Crippen molar-refractivity contribution in [2.45, 2.75) is 38.9 Å². The van der Waals surface area contributed by atoms with Gasteiger partial charge >= 0.3 is 6.03 Å². The van der Waals surface area contributed by atoms with Crippen LogP contribution in [0.2, 0.25) is 0 Å². The van der Waals surface area contributed by atoms with Gasteiger partial charge in [0.2, 0.25) is 0 Å². The van der Waals surface area contributed by atoms with Gasteiger partial charge in [-0.15, -0.1) is 0 Å². The van der Waals surface area contributed by atoms with Crippen LogP contribution in [-0.2, 0) is 13.0 Å². The smallest absolute Gasteiger partial charge is 0.315 e. The number of rotatable bonds is 7. The largest absolute Gasteiger partial charge is 0.493 e. The van der Waals surface area contributed by atoms with Crippen LogP contribution >= 0.6 is 0 Å². The van der Waals surface area contributed by atoms with Crippen molar-refractivity contribution in [3.8, 4) is 11.5 Å². The Morgan fingerprint density at radius 3 is 2.50 bits per heavy atom. The maximum absolute atomic E-state index is 13.4. The molecule has 2 aromatic rings. The van der Waals surface area contributed by atoms with Crippen molar-refractivity contribution in [3.05, 3.63) is 58.9 Å². The van der Waals surface area contributed by atoms with Gasteiger partial charge in [-0.3, -0.25) is 0 Å². The third-order valence-electron chi connectivity index (χ3n) is 5.68. The second-order valence-electron chi connectivity index (χ2n) is 7.64. The van der Waals surface area contributed by atoms with Gasteiger partial charge in [-0.2, -0.15) is 0 Å². The van der Waals surface area contributed by atoms with Gasteiger partial charge in [-0.25, -0.2) is 9.18 Å². The predicted molar refractivity (Wildman–Crippen MR) is 114 cm³/mol. The summed E-state index contributed by atoms with van der Waals surface area (Å²) in [5.41, 5.74) is 3.40. The lowest BCUT2D eigenvalue weighted by Crippen LogP contribution is -3.13. The zero-order chi connectivity index (χ0) is 21.7. The summed E-state index contributed by atoms with van der Waals surface area (Å²) in [4.78, 5) is 13.5. The number of benzene rings is 2. The summed E-state index contributed by atoms with van der Waals surface area (Å²) >= 11 is 0. The van der Waals surface area contributed by atoms with Crippen molar-refractivity contribution >= 4 is 6.03 Å². The lowest BCUT2D eigenvalue weighted by atomic mass is 9.87. The third-order valence-corrected chi connectivity index (χ3v) is 5.68. The quantitative estimate of drug-likeness (QED) is 0.649. The minimum atomic E-state index is -0.239. The summed E-state index contributed by atoms with van der Waals surface area (Å²) in [5, 5.41) is 5.88. The van der Waals surface area contributed by atoms with Crippen molar-refractivity contribution in [3.63, 3.8) is 0 Å². The van der Waals surface area contributed by atoms with E-state index >= 15 is 0 Å². The first-order chi connectivity index (χ1) is 14.5. The predicted octanol–water partition coefficient (Wildman–Crippen LogP) is 2.23. The maximum atomic E-state index is 13.4. The van der Waals surface area contributed by atoms with Crippen LogP contribution in [0.3, 0.4) is 0 Å². The number of amides is 2. The number of nitrogens with one attached hydrogen (secondary N) is 3. The number of urea groups is 1. The van der Waals surface area contributed by atoms with Crippen LogP contribution in [0.4, 0.5) is 9.18 Å². The average molecular weight is 417 g/mol. The molecular formula is C23H31FN3O3+.